The quantitative estimate of drug-likeness (QED) is 0.765. The average Bonchev–Trinajstić information content (AvgIpc) is 2.85. The molecule has 0 bridgehead atoms. The summed E-state index contributed by atoms with van der Waals surface area (Å²) in [5.41, 5.74) is 3.10. The molecule has 19 heavy (non-hydrogen) atoms. The minimum atomic E-state index is -0.204. The van der Waals surface area contributed by atoms with E-state index in [4.69, 9.17) is 4.42 Å². The molecule has 1 aromatic heterocycles. The van der Waals surface area contributed by atoms with E-state index in [0.717, 1.165) is 28.6 Å². The van der Waals surface area contributed by atoms with Crippen molar-refractivity contribution in [1.82, 2.24) is 5.32 Å². The molecule has 0 aliphatic rings. The summed E-state index contributed by atoms with van der Waals surface area (Å²) in [6, 6.07) is 14.5. The maximum absolute atomic E-state index is 12.8. The van der Waals surface area contributed by atoms with Crippen LogP contribution in [0.5, 0.6) is 0 Å². The number of furan rings is 1. The molecule has 0 amide bonds. The highest BCUT2D eigenvalue weighted by molar-refractivity contribution is 5.80. The fourth-order valence-corrected chi connectivity index (χ4v) is 2.11. The molecular formula is C16H14FNO. The molecule has 0 aliphatic heterocycles. The predicted octanol–water partition coefficient (Wildman–Crippen LogP) is 3.86. The van der Waals surface area contributed by atoms with Crippen LogP contribution in [-0.2, 0) is 13.1 Å². The van der Waals surface area contributed by atoms with Gasteiger partial charge in [0.25, 0.3) is 0 Å². The third-order valence-electron chi connectivity index (χ3n) is 3.12. The van der Waals surface area contributed by atoms with Crippen molar-refractivity contribution in [3.05, 3.63) is 71.7 Å². The Morgan fingerprint density at radius 1 is 0.947 bits per heavy atom. The summed E-state index contributed by atoms with van der Waals surface area (Å²) < 4.78 is 18.3. The van der Waals surface area contributed by atoms with Gasteiger partial charge in [0.15, 0.2) is 0 Å². The second kappa shape index (κ2) is 5.24. The maximum Gasteiger partial charge on any atom is 0.134 e. The Bertz CT molecular complexity index is 673. The highest BCUT2D eigenvalue weighted by Crippen LogP contribution is 2.20. The molecule has 0 fully saturated rings. The van der Waals surface area contributed by atoms with E-state index in [1.807, 2.05) is 24.3 Å². The van der Waals surface area contributed by atoms with Crippen LogP contribution in [0, 0.1) is 5.82 Å². The van der Waals surface area contributed by atoms with Crippen LogP contribution >= 0.6 is 0 Å². The second-order valence-corrected chi connectivity index (χ2v) is 4.49. The Morgan fingerprint density at radius 2 is 1.74 bits per heavy atom. The second-order valence-electron chi connectivity index (χ2n) is 4.49. The number of nitrogens with one attached hydrogen (secondary N) is 1. The van der Waals surface area contributed by atoms with E-state index in [9.17, 15) is 4.39 Å². The molecule has 0 saturated carbocycles. The molecule has 2 nitrogen and oxygen atoms in total. The number of rotatable bonds is 4. The lowest BCUT2D eigenvalue weighted by Crippen LogP contribution is -2.12. The van der Waals surface area contributed by atoms with E-state index in [1.54, 1.807) is 18.4 Å². The minimum absolute atomic E-state index is 0.204. The van der Waals surface area contributed by atoms with Crippen molar-refractivity contribution in [3.63, 3.8) is 0 Å². The summed E-state index contributed by atoms with van der Waals surface area (Å²) in [4.78, 5) is 0. The Kier molecular flexibility index (Phi) is 3.29. The van der Waals surface area contributed by atoms with E-state index >= 15 is 0 Å². The van der Waals surface area contributed by atoms with Gasteiger partial charge < -0.3 is 9.73 Å². The van der Waals surface area contributed by atoms with Gasteiger partial charge in [-0.15, -0.1) is 0 Å². The fraction of sp³-hybridized carbons (Fsp3) is 0.125. The summed E-state index contributed by atoms with van der Waals surface area (Å²) in [5, 5.41) is 4.47. The van der Waals surface area contributed by atoms with Gasteiger partial charge in [-0.25, -0.2) is 4.39 Å². The summed E-state index contributed by atoms with van der Waals surface area (Å²) in [6.45, 7) is 1.44. The summed E-state index contributed by atoms with van der Waals surface area (Å²) in [6.07, 6.45) is 1.78. The number of benzene rings is 2. The third kappa shape index (κ3) is 2.66. The molecule has 1 heterocycles. The average molecular weight is 255 g/mol. The van der Waals surface area contributed by atoms with Crippen molar-refractivity contribution >= 4 is 11.0 Å². The lowest BCUT2D eigenvalue weighted by Gasteiger charge is -2.03. The van der Waals surface area contributed by atoms with Crippen molar-refractivity contribution in [2.24, 2.45) is 0 Å². The topological polar surface area (TPSA) is 25.2 Å². The molecule has 2 aromatic carbocycles. The zero-order valence-electron chi connectivity index (χ0n) is 10.4. The van der Waals surface area contributed by atoms with Gasteiger partial charge in [0, 0.05) is 24.0 Å². The first-order valence-corrected chi connectivity index (χ1v) is 6.23. The van der Waals surface area contributed by atoms with E-state index < -0.39 is 0 Å². The Labute approximate surface area is 110 Å². The van der Waals surface area contributed by atoms with Crippen LogP contribution in [0.2, 0.25) is 0 Å². The van der Waals surface area contributed by atoms with E-state index in [0.29, 0.717) is 6.54 Å². The maximum atomic E-state index is 12.8. The minimum Gasteiger partial charge on any atom is -0.464 e. The Hall–Kier alpha value is -2.13. The SMILES string of the molecule is Fc1ccc(CNCc2coc3ccccc23)cc1. The largest absolute Gasteiger partial charge is 0.464 e. The molecule has 0 atom stereocenters. The first-order valence-electron chi connectivity index (χ1n) is 6.23. The van der Waals surface area contributed by atoms with E-state index in [-0.39, 0.29) is 5.82 Å². The molecule has 3 heteroatoms. The number of fused-ring (bicyclic) bond motifs is 1. The molecule has 3 aromatic rings. The molecule has 96 valence electrons. The summed E-state index contributed by atoms with van der Waals surface area (Å²) in [5.74, 6) is -0.204. The van der Waals surface area contributed by atoms with Gasteiger partial charge in [-0.3, -0.25) is 0 Å². The van der Waals surface area contributed by atoms with Crippen LogP contribution in [-0.4, -0.2) is 0 Å². The number of para-hydroxylation sites is 1. The van der Waals surface area contributed by atoms with Crippen molar-refractivity contribution in [2.45, 2.75) is 13.1 Å². The number of hydrogen-bond donors (Lipinski definition) is 1. The van der Waals surface area contributed by atoms with Crippen LogP contribution < -0.4 is 5.32 Å². The first kappa shape index (κ1) is 11.9. The Balaban J connectivity index is 1.65. The van der Waals surface area contributed by atoms with Crippen LogP contribution in [0.3, 0.4) is 0 Å². The zero-order valence-corrected chi connectivity index (χ0v) is 10.4. The molecular weight excluding hydrogens is 241 g/mol. The highest BCUT2D eigenvalue weighted by Gasteiger charge is 2.04. The monoisotopic (exact) mass is 255 g/mol. The van der Waals surface area contributed by atoms with Crippen LogP contribution in [0.15, 0.2) is 59.2 Å². The van der Waals surface area contributed by atoms with Crippen LogP contribution in [0.25, 0.3) is 11.0 Å². The molecule has 1 N–H and O–H groups in total. The van der Waals surface area contributed by atoms with Crippen molar-refractivity contribution in [1.29, 1.82) is 0 Å². The highest BCUT2D eigenvalue weighted by atomic mass is 19.1. The summed E-state index contributed by atoms with van der Waals surface area (Å²) in [7, 11) is 0. The standard InChI is InChI=1S/C16H14FNO/c17-14-7-5-12(6-8-14)9-18-10-13-11-19-16-4-2-1-3-15(13)16/h1-8,11,18H,9-10H2. The number of hydrogen-bond acceptors (Lipinski definition) is 2. The molecule has 0 unspecified atom stereocenters. The van der Waals surface area contributed by atoms with Crippen molar-refractivity contribution < 1.29 is 8.81 Å². The molecule has 0 aliphatic carbocycles. The van der Waals surface area contributed by atoms with Gasteiger partial charge >= 0.3 is 0 Å². The van der Waals surface area contributed by atoms with Crippen LogP contribution in [0.1, 0.15) is 11.1 Å². The normalized spacial score (nSPS) is 11.0. The molecule has 0 spiro atoms. The van der Waals surface area contributed by atoms with Gasteiger partial charge in [-0.1, -0.05) is 30.3 Å². The van der Waals surface area contributed by atoms with Gasteiger partial charge in [0.2, 0.25) is 0 Å². The van der Waals surface area contributed by atoms with Gasteiger partial charge in [-0.2, -0.15) is 0 Å². The third-order valence-corrected chi connectivity index (χ3v) is 3.12. The lowest BCUT2D eigenvalue weighted by molar-refractivity contribution is 0.601. The smallest absolute Gasteiger partial charge is 0.134 e. The zero-order chi connectivity index (χ0) is 13.1. The van der Waals surface area contributed by atoms with Crippen LogP contribution in [0.4, 0.5) is 4.39 Å². The van der Waals surface area contributed by atoms with Gasteiger partial charge in [0.05, 0.1) is 6.26 Å². The predicted molar refractivity (Wildman–Crippen MR) is 73.2 cm³/mol. The molecule has 3 rings (SSSR count). The van der Waals surface area contributed by atoms with Crippen molar-refractivity contribution in [2.75, 3.05) is 0 Å². The lowest BCUT2D eigenvalue weighted by atomic mass is 10.1. The molecule has 0 saturated heterocycles. The number of halogens is 1. The van der Waals surface area contributed by atoms with Crippen molar-refractivity contribution in [3.8, 4) is 0 Å². The summed E-state index contributed by atoms with van der Waals surface area (Å²) >= 11 is 0. The van der Waals surface area contributed by atoms with E-state index in [2.05, 4.69) is 5.32 Å². The van der Waals surface area contributed by atoms with Gasteiger partial charge in [-0.05, 0) is 23.8 Å². The Morgan fingerprint density at radius 3 is 2.58 bits per heavy atom. The van der Waals surface area contributed by atoms with Gasteiger partial charge in [0.1, 0.15) is 11.4 Å². The first-order chi connectivity index (χ1) is 9.33. The fourth-order valence-electron chi connectivity index (χ4n) is 2.11. The van der Waals surface area contributed by atoms with E-state index in [1.165, 1.54) is 12.1 Å². The molecule has 0 radical (unpaired) electrons.